The number of likely N-dealkylation sites (tertiary alicyclic amines) is 1. The minimum atomic E-state index is -0.308. The van der Waals surface area contributed by atoms with E-state index in [-0.39, 0.29) is 17.1 Å². The van der Waals surface area contributed by atoms with Crippen LogP contribution in [0.3, 0.4) is 0 Å². The van der Waals surface area contributed by atoms with E-state index in [0.29, 0.717) is 18.7 Å². The van der Waals surface area contributed by atoms with E-state index in [1.54, 1.807) is 17.0 Å². The SMILES string of the molecule is Cc1noc(C)c1CN1CC[C@@]2(CC(=O)N(c3cccc(F)c3)C2)C1. The van der Waals surface area contributed by atoms with Crippen LogP contribution in [0, 0.1) is 25.1 Å². The third kappa shape index (κ3) is 2.95. The third-order valence-corrected chi connectivity index (χ3v) is 5.52. The lowest BCUT2D eigenvalue weighted by atomic mass is 9.86. The van der Waals surface area contributed by atoms with Gasteiger partial charge in [-0.1, -0.05) is 11.2 Å². The lowest BCUT2D eigenvalue weighted by Gasteiger charge is -2.24. The first-order chi connectivity index (χ1) is 12.0. The topological polar surface area (TPSA) is 49.6 Å². The Bertz CT molecular complexity index is 799. The Morgan fingerprint density at radius 3 is 2.88 bits per heavy atom. The van der Waals surface area contributed by atoms with Crippen molar-refractivity contribution in [3.05, 3.63) is 47.1 Å². The van der Waals surface area contributed by atoms with Gasteiger partial charge in [0.15, 0.2) is 0 Å². The maximum Gasteiger partial charge on any atom is 0.227 e. The smallest absolute Gasteiger partial charge is 0.227 e. The molecule has 2 aliphatic heterocycles. The Kier molecular flexibility index (Phi) is 3.87. The molecule has 2 fully saturated rings. The van der Waals surface area contributed by atoms with Gasteiger partial charge in [-0.2, -0.15) is 0 Å². The van der Waals surface area contributed by atoms with Crippen LogP contribution < -0.4 is 4.90 Å². The van der Waals surface area contributed by atoms with Crippen molar-refractivity contribution in [1.82, 2.24) is 10.1 Å². The van der Waals surface area contributed by atoms with E-state index in [0.717, 1.165) is 43.1 Å². The van der Waals surface area contributed by atoms with Gasteiger partial charge in [0.05, 0.1) is 5.69 Å². The summed E-state index contributed by atoms with van der Waals surface area (Å²) < 4.78 is 18.8. The van der Waals surface area contributed by atoms with E-state index < -0.39 is 0 Å². The van der Waals surface area contributed by atoms with Crippen LogP contribution in [0.15, 0.2) is 28.8 Å². The molecular formula is C19H22FN3O2. The minimum absolute atomic E-state index is 0.0393. The standard InChI is InChI=1S/C19H22FN3O2/c1-13-17(14(2)25-21-13)10-22-7-6-19(11-22)9-18(24)23(12-19)16-5-3-4-15(20)8-16/h3-5,8H,6-7,9-12H2,1-2H3/t19-/m1/s1. The molecule has 1 atom stereocenters. The van der Waals surface area contributed by atoms with Crippen molar-refractivity contribution < 1.29 is 13.7 Å². The van der Waals surface area contributed by atoms with Crippen LogP contribution in [0.25, 0.3) is 0 Å². The number of anilines is 1. The first-order valence-electron chi connectivity index (χ1n) is 8.66. The number of aryl methyl sites for hydroxylation is 2. The predicted molar refractivity (Wildman–Crippen MR) is 91.7 cm³/mol. The van der Waals surface area contributed by atoms with Crippen LogP contribution in [-0.2, 0) is 11.3 Å². The van der Waals surface area contributed by atoms with Crippen molar-refractivity contribution in [2.75, 3.05) is 24.5 Å². The average Bonchev–Trinajstić information content (AvgIpc) is 3.22. The molecule has 4 rings (SSSR count). The van der Waals surface area contributed by atoms with E-state index in [1.165, 1.54) is 12.1 Å². The molecule has 0 bridgehead atoms. The third-order valence-electron chi connectivity index (χ3n) is 5.52. The highest BCUT2D eigenvalue weighted by atomic mass is 19.1. The molecule has 1 aromatic carbocycles. The van der Waals surface area contributed by atoms with Gasteiger partial charge in [0.2, 0.25) is 5.91 Å². The fraction of sp³-hybridized carbons (Fsp3) is 0.474. The fourth-order valence-electron chi connectivity index (χ4n) is 4.16. The Morgan fingerprint density at radius 1 is 1.32 bits per heavy atom. The molecule has 0 aliphatic carbocycles. The van der Waals surface area contributed by atoms with Gasteiger partial charge in [-0.3, -0.25) is 9.69 Å². The van der Waals surface area contributed by atoms with E-state index in [4.69, 9.17) is 4.52 Å². The van der Waals surface area contributed by atoms with Gasteiger partial charge in [-0.15, -0.1) is 0 Å². The number of aromatic nitrogens is 1. The summed E-state index contributed by atoms with van der Waals surface area (Å²) in [6, 6.07) is 6.30. The Hall–Kier alpha value is -2.21. The van der Waals surface area contributed by atoms with Crippen LogP contribution in [0.5, 0.6) is 0 Å². The van der Waals surface area contributed by atoms with Crippen LogP contribution >= 0.6 is 0 Å². The van der Waals surface area contributed by atoms with Crippen molar-refractivity contribution >= 4 is 11.6 Å². The van der Waals surface area contributed by atoms with Crippen molar-refractivity contribution in [3.63, 3.8) is 0 Å². The molecule has 0 radical (unpaired) electrons. The molecule has 3 heterocycles. The predicted octanol–water partition coefficient (Wildman–Crippen LogP) is 3.06. The molecule has 2 saturated heterocycles. The van der Waals surface area contributed by atoms with Gasteiger partial charge in [-0.25, -0.2) is 4.39 Å². The number of nitrogens with zero attached hydrogens (tertiary/aromatic N) is 3. The molecule has 6 heteroatoms. The van der Waals surface area contributed by atoms with Crippen molar-refractivity contribution in [2.24, 2.45) is 5.41 Å². The number of halogens is 1. The van der Waals surface area contributed by atoms with Gasteiger partial charge < -0.3 is 9.42 Å². The number of rotatable bonds is 3. The second-order valence-electron chi connectivity index (χ2n) is 7.40. The highest BCUT2D eigenvalue weighted by Gasteiger charge is 2.47. The molecule has 1 amide bonds. The van der Waals surface area contributed by atoms with Gasteiger partial charge in [0, 0.05) is 42.7 Å². The molecule has 5 nitrogen and oxygen atoms in total. The molecule has 2 aromatic rings. The molecule has 0 unspecified atom stereocenters. The number of hydrogen-bond donors (Lipinski definition) is 0. The van der Waals surface area contributed by atoms with E-state index in [9.17, 15) is 9.18 Å². The quantitative estimate of drug-likeness (QED) is 0.859. The number of amides is 1. The first kappa shape index (κ1) is 16.3. The average molecular weight is 343 g/mol. The second-order valence-corrected chi connectivity index (χ2v) is 7.40. The summed E-state index contributed by atoms with van der Waals surface area (Å²) in [7, 11) is 0. The van der Waals surface area contributed by atoms with Crippen molar-refractivity contribution in [1.29, 1.82) is 0 Å². The van der Waals surface area contributed by atoms with Crippen LogP contribution in [0.1, 0.15) is 29.9 Å². The van der Waals surface area contributed by atoms with E-state index >= 15 is 0 Å². The lowest BCUT2D eigenvalue weighted by molar-refractivity contribution is -0.117. The zero-order valence-corrected chi connectivity index (χ0v) is 14.6. The molecule has 1 spiro atoms. The Balaban J connectivity index is 1.48. The van der Waals surface area contributed by atoms with Crippen LogP contribution in [0.2, 0.25) is 0 Å². The van der Waals surface area contributed by atoms with Crippen LogP contribution in [-0.4, -0.2) is 35.6 Å². The largest absolute Gasteiger partial charge is 0.361 e. The fourth-order valence-corrected chi connectivity index (χ4v) is 4.16. The van der Waals surface area contributed by atoms with Crippen molar-refractivity contribution in [2.45, 2.75) is 33.2 Å². The summed E-state index contributed by atoms with van der Waals surface area (Å²) in [6.45, 7) is 7.18. The maximum atomic E-state index is 13.5. The lowest BCUT2D eigenvalue weighted by Crippen LogP contribution is -2.31. The van der Waals surface area contributed by atoms with Crippen molar-refractivity contribution in [3.8, 4) is 0 Å². The molecule has 2 aliphatic rings. The van der Waals surface area contributed by atoms with E-state index in [2.05, 4.69) is 10.1 Å². The highest BCUT2D eigenvalue weighted by molar-refractivity contribution is 5.96. The molecule has 1 aromatic heterocycles. The summed E-state index contributed by atoms with van der Waals surface area (Å²) in [6.07, 6.45) is 1.51. The maximum absolute atomic E-state index is 13.5. The van der Waals surface area contributed by atoms with Gasteiger partial charge in [-0.05, 0) is 45.0 Å². The molecule has 132 valence electrons. The Labute approximate surface area is 146 Å². The summed E-state index contributed by atoms with van der Waals surface area (Å²) in [5, 5.41) is 4.02. The molecule has 0 N–H and O–H groups in total. The molecular weight excluding hydrogens is 321 g/mol. The normalized spacial score (nSPS) is 24.0. The second kappa shape index (κ2) is 5.95. The summed E-state index contributed by atoms with van der Waals surface area (Å²) in [5.74, 6) is 0.643. The number of benzene rings is 1. The molecule has 0 saturated carbocycles. The van der Waals surface area contributed by atoms with Gasteiger partial charge in [0.1, 0.15) is 11.6 Å². The van der Waals surface area contributed by atoms with E-state index in [1.807, 2.05) is 13.8 Å². The molecule has 25 heavy (non-hydrogen) atoms. The zero-order chi connectivity index (χ0) is 17.6. The zero-order valence-electron chi connectivity index (χ0n) is 14.6. The summed E-state index contributed by atoms with van der Waals surface area (Å²) in [5.41, 5.74) is 2.69. The highest BCUT2D eigenvalue weighted by Crippen LogP contribution is 2.42. The van der Waals surface area contributed by atoms with Gasteiger partial charge in [0.25, 0.3) is 0 Å². The van der Waals surface area contributed by atoms with Crippen LogP contribution in [0.4, 0.5) is 10.1 Å². The summed E-state index contributed by atoms with van der Waals surface area (Å²) in [4.78, 5) is 16.6. The first-order valence-corrected chi connectivity index (χ1v) is 8.66. The minimum Gasteiger partial charge on any atom is -0.361 e. The van der Waals surface area contributed by atoms with Gasteiger partial charge >= 0.3 is 0 Å². The number of carbonyl (C=O) groups excluding carboxylic acids is 1. The Morgan fingerprint density at radius 2 is 2.16 bits per heavy atom. The monoisotopic (exact) mass is 343 g/mol. The number of carbonyl (C=O) groups is 1. The summed E-state index contributed by atoms with van der Waals surface area (Å²) >= 11 is 0. The number of hydrogen-bond acceptors (Lipinski definition) is 4.